The molecule has 2 aromatic rings. The summed E-state index contributed by atoms with van der Waals surface area (Å²) in [5, 5.41) is 6.90. The average Bonchev–Trinajstić information content (AvgIpc) is 3.29. The lowest BCUT2D eigenvalue weighted by molar-refractivity contribution is 0.255. The van der Waals surface area contributed by atoms with E-state index in [1.165, 1.54) is 12.0 Å². The minimum atomic E-state index is 0. The maximum atomic E-state index is 4.35. The number of halogens is 1. The first-order valence-corrected chi connectivity index (χ1v) is 9.58. The van der Waals surface area contributed by atoms with Gasteiger partial charge in [0.1, 0.15) is 0 Å². The Balaban J connectivity index is 0.00000261. The normalized spacial score (nSPS) is 20.3. The van der Waals surface area contributed by atoms with Crippen molar-refractivity contribution in [2.75, 3.05) is 26.7 Å². The van der Waals surface area contributed by atoms with Gasteiger partial charge in [0.25, 0.3) is 0 Å². The van der Waals surface area contributed by atoms with Crippen LogP contribution in [0.4, 0.5) is 0 Å². The van der Waals surface area contributed by atoms with Gasteiger partial charge in [0.05, 0.1) is 0 Å². The highest BCUT2D eigenvalue weighted by molar-refractivity contribution is 14.0. The van der Waals surface area contributed by atoms with Gasteiger partial charge in [-0.1, -0.05) is 30.3 Å². The van der Waals surface area contributed by atoms with E-state index in [9.17, 15) is 0 Å². The number of hydrogen-bond acceptors (Lipinski definition) is 2. The van der Waals surface area contributed by atoms with Crippen LogP contribution in [0.25, 0.3) is 0 Å². The van der Waals surface area contributed by atoms with E-state index in [1.54, 1.807) is 0 Å². The van der Waals surface area contributed by atoms with E-state index in [-0.39, 0.29) is 24.0 Å². The highest BCUT2D eigenvalue weighted by atomic mass is 127. The van der Waals surface area contributed by atoms with Gasteiger partial charge in [0.2, 0.25) is 0 Å². The second kappa shape index (κ2) is 11.3. The fourth-order valence-electron chi connectivity index (χ4n) is 3.69. The number of benzene rings is 1. The summed E-state index contributed by atoms with van der Waals surface area (Å²) >= 11 is 0. The molecule has 0 bridgehead atoms. The number of guanidine groups is 1. The van der Waals surface area contributed by atoms with Gasteiger partial charge in [0.15, 0.2) is 5.96 Å². The van der Waals surface area contributed by atoms with Gasteiger partial charge in [0, 0.05) is 58.2 Å². The lowest BCUT2D eigenvalue weighted by Crippen LogP contribution is -2.41. The van der Waals surface area contributed by atoms with E-state index in [0.717, 1.165) is 38.7 Å². The predicted molar refractivity (Wildman–Crippen MR) is 124 cm³/mol. The standard InChI is InChI=1S/C21H31N5.HI/c1-18-14-20(17-26(18)16-19-8-4-3-5-9-19)15-24-21(22-2)23-10-13-25-11-6-7-12-25;/h3-9,11-12,18,20H,10,13-17H2,1-2H3,(H2,22,23,24);1H. The lowest BCUT2D eigenvalue weighted by atomic mass is 10.1. The minimum Gasteiger partial charge on any atom is -0.356 e. The summed E-state index contributed by atoms with van der Waals surface area (Å²) in [6.07, 6.45) is 5.40. The van der Waals surface area contributed by atoms with Crippen molar-refractivity contribution in [1.82, 2.24) is 20.1 Å². The first-order valence-electron chi connectivity index (χ1n) is 9.58. The molecule has 0 radical (unpaired) electrons. The van der Waals surface area contributed by atoms with Crippen molar-refractivity contribution in [3.05, 3.63) is 60.4 Å². The second-order valence-electron chi connectivity index (χ2n) is 7.17. The molecule has 0 aliphatic carbocycles. The molecule has 2 heterocycles. The van der Waals surface area contributed by atoms with Crippen LogP contribution in [0.3, 0.4) is 0 Å². The molecule has 5 nitrogen and oxygen atoms in total. The van der Waals surface area contributed by atoms with Gasteiger partial charge in [-0.25, -0.2) is 0 Å². The fraction of sp³-hybridized carbons (Fsp3) is 0.476. The van der Waals surface area contributed by atoms with Gasteiger partial charge in [-0.15, -0.1) is 24.0 Å². The zero-order valence-corrected chi connectivity index (χ0v) is 18.7. The maximum absolute atomic E-state index is 4.35. The summed E-state index contributed by atoms with van der Waals surface area (Å²) < 4.78 is 2.17. The highest BCUT2D eigenvalue weighted by Crippen LogP contribution is 2.24. The van der Waals surface area contributed by atoms with Crippen LogP contribution in [0, 0.1) is 5.92 Å². The summed E-state index contributed by atoms with van der Waals surface area (Å²) in [6.45, 7) is 7.31. The minimum absolute atomic E-state index is 0. The van der Waals surface area contributed by atoms with Gasteiger partial charge in [-0.05, 0) is 37.0 Å². The van der Waals surface area contributed by atoms with Crippen LogP contribution < -0.4 is 10.6 Å². The number of hydrogen-bond donors (Lipinski definition) is 2. The van der Waals surface area contributed by atoms with Crippen LogP contribution in [0.2, 0.25) is 0 Å². The number of aromatic nitrogens is 1. The Kier molecular flexibility index (Phi) is 9.14. The smallest absolute Gasteiger partial charge is 0.191 e. The molecule has 0 spiro atoms. The monoisotopic (exact) mass is 481 g/mol. The molecule has 1 aliphatic rings. The van der Waals surface area contributed by atoms with Crippen molar-refractivity contribution in [1.29, 1.82) is 0 Å². The van der Waals surface area contributed by atoms with Crippen LogP contribution >= 0.6 is 24.0 Å². The van der Waals surface area contributed by atoms with Crippen LogP contribution in [0.15, 0.2) is 59.9 Å². The molecule has 1 saturated heterocycles. The maximum Gasteiger partial charge on any atom is 0.191 e. The third-order valence-electron chi connectivity index (χ3n) is 5.13. The first kappa shape index (κ1) is 21.8. The molecule has 2 atom stereocenters. The van der Waals surface area contributed by atoms with Crippen LogP contribution in [0.1, 0.15) is 18.9 Å². The molecule has 2 N–H and O–H groups in total. The number of nitrogens with one attached hydrogen (secondary N) is 2. The van der Waals surface area contributed by atoms with Crippen molar-refractivity contribution in [2.24, 2.45) is 10.9 Å². The zero-order chi connectivity index (χ0) is 18.2. The van der Waals surface area contributed by atoms with E-state index in [0.29, 0.717) is 12.0 Å². The van der Waals surface area contributed by atoms with Crippen molar-refractivity contribution < 1.29 is 0 Å². The summed E-state index contributed by atoms with van der Waals surface area (Å²) in [5.41, 5.74) is 1.40. The van der Waals surface area contributed by atoms with E-state index in [1.807, 2.05) is 7.05 Å². The lowest BCUT2D eigenvalue weighted by Gasteiger charge is -2.21. The number of aliphatic imine (C=N–C) groups is 1. The third-order valence-corrected chi connectivity index (χ3v) is 5.13. The summed E-state index contributed by atoms with van der Waals surface area (Å²) in [7, 11) is 1.84. The topological polar surface area (TPSA) is 44.6 Å². The van der Waals surface area contributed by atoms with E-state index in [2.05, 4.69) is 86.9 Å². The van der Waals surface area contributed by atoms with Crippen molar-refractivity contribution in [3.63, 3.8) is 0 Å². The van der Waals surface area contributed by atoms with Gasteiger partial charge >= 0.3 is 0 Å². The number of likely N-dealkylation sites (tertiary alicyclic amines) is 1. The Labute approximate surface area is 180 Å². The molecule has 6 heteroatoms. The van der Waals surface area contributed by atoms with Crippen LogP contribution in [0.5, 0.6) is 0 Å². The van der Waals surface area contributed by atoms with Gasteiger partial charge in [-0.3, -0.25) is 9.89 Å². The molecule has 148 valence electrons. The summed E-state index contributed by atoms with van der Waals surface area (Å²) in [6, 6.07) is 15.5. The van der Waals surface area contributed by atoms with Crippen molar-refractivity contribution in [2.45, 2.75) is 32.5 Å². The Morgan fingerprint density at radius 3 is 2.56 bits per heavy atom. The van der Waals surface area contributed by atoms with Crippen molar-refractivity contribution >= 4 is 29.9 Å². The van der Waals surface area contributed by atoms with Gasteiger partial charge < -0.3 is 15.2 Å². The van der Waals surface area contributed by atoms with E-state index in [4.69, 9.17) is 0 Å². The number of rotatable bonds is 7. The molecule has 1 aromatic heterocycles. The van der Waals surface area contributed by atoms with Gasteiger partial charge in [-0.2, -0.15) is 0 Å². The third kappa shape index (κ3) is 6.84. The van der Waals surface area contributed by atoms with Crippen LogP contribution in [-0.2, 0) is 13.1 Å². The quantitative estimate of drug-likeness (QED) is 0.363. The molecule has 3 rings (SSSR count). The Morgan fingerprint density at radius 1 is 1.11 bits per heavy atom. The molecular formula is C21H32IN5. The molecule has 1 aliphatic heterocycles. The molecule has 0 saturated carbocycles. The Hall–Kier alpha value is -1.54. The zero-order valence-electron chi connectivity index (χ0n) is 16.3. The Bertz CT molecular complexity index is 671. The fourth-order valence-corrected chi connectivity index (χ4v) is 3.69. The highest BCUT2D eigenvalue weighted by Gasteiger charge is 2.28. The molecule has 0 amide bonds. The summed E-state index contributed by atoms with van der Waals surface area (Å²) in [5.74, 6) is 1.56. The first-order chi connectivity index (χ1) is 12.7. The average molecular weight is 481 g/mol. The SMILES string of the molecule is CN=C(NCCn1cccc1)NCC1CC(C)N(Cc2ccccc2)C1.I. The molecular weight excluding hydrogens is 449 g/mol. The van der Waals surface area contributed by atoms with Crippen molar-refractivity contribution in [3.8, 4) is 0 Å². The molecule has 2 unspecified atom stereocenters. The summed E-state index contributed by atoms with van der Waals surface area (Å²) in [4.78, 5) is 6.93. The van der Waals surface area contributed by atoms with E-state index >= 15 is 0 Å². The number of nitrogens with zero attached hydrogens (tertiary/aromatic N) is 3. The van der Waals surface area contributed by atoms with Crippen LogP contribution in [-0.4, -0.2) is 48.2 Å². The molecule has 27 heavy (non-hydrogen) atoms. The molecule has 1 fully saturated rings. The Morgan fingerprint density at radius 2 is 1.85 bits per heavy atom. The molecule has 1 aromatic carbocycles. The second-order valence-corrected chi connectivity index (χ2v) is 7.17. The predicted octanol–water partition coefficient (Wildman–Crippen LogP) is 3.18. The largest absolute Gasteiger partial charge is 0.356 e. The van der Waals surface area contributed by atoms with E-state index < -0.39 is 0 Å².